The number of carbonyl (C=O) groups excluding carboxylic acids is 1. The van der Waals surface area contributed by atoms with Crippen LogP contribution < -0.4 is 10.1 Å². The lowest BCUT2D eigenvalue weighted by molar-refractivity contribution is -0.121. The van der Waals surface area contributed by atoms with Crippen molar-refractivity contribution in [2.75, 3.05) is 13.7 Å². The van der Waals surface area contributed by atoms with E-state index >= 15 is 0 Å². The molecule has 1 atom stereocenters. The molecule has 1 amide bonds. The van der Waals surface area contributed by atoms with E-state index in [1.54, 1.807) is 14.0 Å². The highest BCUT2D eigenvalue weighted by atomic mass is 16.5. The van der Waals surface area contributed by atoms with Gasteiger partial charge in [-0.3, -0.25) is 4.79 Å². The summed E-state index contributed by atoms with van der Waals surface area (Å²) in [7, 11) is 1.60. The third-order valence-corrected chi connectivity index (χ3v) is 2.20. The Morgan fingerprint density at radius 1 is 1.44 bits per heavy atom. The molecule has 0 radical (unpaired) electrons. The molecule has 4 heteroatoms. The molecule has 0 bridgehead atoms. The molecule has 0 saturated heterocycles. The van der Waals surface area contributed by atoms with E-state index in [-0.39, 0.29) is 18.6 Å². The highest BCUT2D eigenvalue weighted by molar-refractivity contribution is 5.78. The van der Waals surface area contributed by atoms with Crippen LogP contribution in [0.1, 0.15) is 12.5 Å². The minimum absolute atomic E-state index is 0.0473. The Morgan fingerprint density at radius 2 is 2.06 bits per heavy atom. The van der Waals surface area contributed by atoms with Crippen LogP contribution in [0.2, 0.25) is 0 Å². The molecule has 0 saturated carbocycles. The number of rotatable bonds is 5. The van der Waals surface area contributed by atoms with Crippen LogP contribution in [-0.4, -0.2) is 30.8 Å². The van der Waals surface area contributed by atoms with Gasteiger partial charge in [0.25, 0.3) is 0 Å². The lowest BCUT2D eigenvalue weighted by Gasteiger charge is -2.10. The van der Waals surface area contributed by atoms with E-state index in [0.29, 0.717) is 6.42 Å². The van der Waals surface area contributed by atoms with Crippen molar-refractivity contribution in [3.05, 3.63) is 29.8 Å². The van der Waals surface area contributed by atoms with Crippen LogP contribution >= 0.6 is 0 Å². The van der Waals surface area contributed by atoms with Crippen molar-refractivity contribution in [2.24, 2.45) is 0 Å². The van der Waals surface area contributed by atoms with Gasteiger partial charge in [0.05, 0.1) is 20.1 Å². The van der Waals surface area contributed by atoms with Crippen LogP contribution in [0, 0.1) is 0 Å². The zero-order valence-corrected chi connectivity index (χ0v) is 9.56. The van der Waals surface area contributed by atoms with Crippen LogP contribution in [0.3, 0.4) is 0 Å². The summed E-state index contributed by atoms with van der Waals surface area (Å²) in [6, 6.07) is 7.13. The lowest BCUT2D eigenvalue weighted by Crippen LogP contribution is -2.35. The van der Waals surface area contributed by atoms with Crippen molar-refractivity contribution in [1.82, 2.24) is 5.32 Å². The molecule has 16 heavy (non-hydrogen) atoms. The first-order valence-electron chi connectivity index (χ1n) is 5.19. The number of hydrogen-bond acceptors (Lipinski definition) is 3. The maximum atomic E-state index is 11.5. The Morgan fingerprint density at radius 3 is 2.56 bits per heavy atom. The molecule has 0 unspecified atom stereocenters. The Kier molecular flexibility index (Phi) is 4.79. The number of methoxy groups -OCH3 is 1. The molecular formula is C12H17NO3. The van der Waals surface area contributed by atoms with Crippen molar-refractivity contribution in [1.29, 1.82) is 0 Å². The van der Waals surface area contributed by atoms with E-state index in [9.17, 15) is 4.79 Å². The van der Waals surface area contributed by atoms with E-state index in [2.05, 4.69) is 5.32 Å². The average molecular weight is 223 g/mol. The van der Waals surface area contributed by atoms with Gasteiger partial charge in [-0.05, 0) is 24.6 Å². The Labute approximate surface area is 95.2 Å². The first kappa shape index (κ1) is 12.5. The molecule has 0 aliphatic heterocycles. The molecular weight excluding hydrogens is 206 g/mol. The molecule has 1 rings (SSSR count). The molecule has 0 aromatic heterocycles. The standard InChI is InChI=1S/C12H17NO3/c1-9(8-14)13-12(15)7-10-3-5-11(16-2)6-4-10/h3-6,9,14H,7-8H2,1-2H3,(H,13,15)/t9-/m1/s1. The summed E-state index contributed by atoms with van der Waals surface area (Å²) in [4.78, 5) is 11.5. The zero-order valence-electron chi connectivity index (χ0n) is 9.56. The van der Waals surface area contributed by atoms with E-state index in [4.69, 9.17) is 9.84 Å². The van der Waals surface area contributed by atoms with Crippen LogP contribution in [0.15, 0.2) is 24.3 Å². The van der Waals surface area contributed by atoms with Crippen molar-refractivity contribution >= 4 is 5.91 Å². The maximum absolute atomic E-state index is 11.5. The summed E-state index contributed by atoms with van der Waals surface area (Å²) >= 11 is 0. The van der Waals surface area contributed by atoms with Crippen molar-refractivity contribution < 1.29 is 14.6 Å². The van der Waals surface area contributed by atoms with Crippen LogP contribution in [0.4, 0.5) is 0 Å². The number of ether oxygens (including phenoxy) is 1. The summed E-state index contributed by atoms with van der Waals surface area (Å²) in [6.07, 6.45) is 0.314. The first-order valence-corrected chi connectivity index (χ1v) is 5.19. The SMILES string of the molecule is COc1ccc(CC(=O)N[C@H](C)CO)cc1. The third-order valence-electron chi connectivity index (χ3n) is 2.20. The molecule has 0 heterocycles. The van der Waals surface area contributed by atoms with Crippen molar-refractivity contribution in [3.8, 4) is 5.75 Å². The van der Waals surface area contributed by atoms with Gasteiger partial charge in [-0.2, -0.15) is 0 Å². The van der Waals surface area contributed by atoms with Gasteiger partial charge in [0.1, 0.15) is 5.75 Å². The van der Waals surface area contributed by atoms with Gasteiger partial charge in [-0.15, -0.1) is 0 Å². The maximum Gasteiger partial charge on any atom is 0.224 e. The van der Waals surface area contributed by atoms with E-state index in [1.807, 2.05) is 24.3 Å². The predicted molar refractivity (Wildman–Crippen MR) is 61.4 cm³/mol. The number of aliphatic hydroxyl groups excluding tert-OH is 1. The number of nitrogens with one attached hydrogen (secondary N) is 1. The number of carbonyl (C=O) groups is 1. The van der Waals surface area contributed by atoms with Crippen molar-refractivity contribution in [3.63, 3.8) is 0 Å². The number of aliphatic hydroxyl groups is 1. The molecule has 1 aromatic rings. The molecule has 88 valence electrons. The van der Waals surface area contributed by atoms with E-state index < -0.39 is 0 Å². The second kappa shape index (κ2) is 6.12. The molecule has 1 aromatic carbocycles. The molecule has 0 fully saturated rings. The minimum Gasteiger partial charge on any atom is -0.497 e. The molecule has 0 spiro atoms. The Balaban J connectivity index is 2.49. The highest BCUT2D eigenvalue weighted by Gasteiger charge is 2.06. The fourth-order valence-corrected chi connectivity index (χ4v) is 1.30. The van der Waals surface area contributed by atoms with Crippen molar-refractivity contribution in [2.45, 2.75) is 19.4 Å². The van der Waals surface area contributed by atoms with Crippen LogP contribution in [0.25, 0.3) is 0 Å². The van der Waals surface area contributed by atoms with E-state index in [1.165, 1.54) is 0 Å². The number of amides is 1. The first-order chi connectivity index (χ1) is 7.65. The monoisotopic (exact) mass is 223 g/mol. The predicted octanol–water partition coefficient (Wildman–Crippen LogP) is 0.735. The Hall–Kier alpha value is -1.55. The molecule has 0 aliphatic rings. The topological polar surface area (TPSA) is 58.6 Å². The van der Waals surface area contributed by atoms with Gasteiger partial charge in [-0.25, -0.2) is 0 Å². The zero-order chi connectivity index (χ0) is 12.0. The highest BCUT2D eigenvalue weighted by Crippen LogP contribution is 2.11. The number of benzene rings is 1. The summed E-state index contributed by atoms with van der Waals surface area (Å²) in [6.45, 7) is 1.71. The van der Waals surface area contributed by atoms with Crippen LogP contribution in [0.5, 0.6) is 5.75 Å². The van der Waals surface area contributed by atoms with Gasteiger partial charge in [-0.1, -0.05) is 12.1 Å². The number of hydrogen-bond donors (Lipinski definition) is 2. The quantitative estimate of drug-likeness (QED) is 0.774. The molecule has 0 aliphatic carbocycles. The summed E-state index contributed by atoms with van der Waals surface area (Å²) in [5, 5.41) is 11.5. The third kappa shape index (κ3) is 3.90. The summed E-state index contributed by atoms with van der Waals surface area (Å²) in [5.41, 5.74) is 0.920. The Bertz CT molecular complexity index is 335. The van der Waals surface area contributed by atoms with Gasteiger partial charge in [0.2, 0.25) is 5.91 Å². The van der Waals surface area contributed by atoms with Gasteiger partial charge < -0.3 is 15.2 Å². The lowest BCUT2D eigenvalue weighted by atomic mass is 10.1. The smallest absolute Gasteiger partial charge is 0.224 e. The second-order valence-corrected chi connectivity index (χ2v) is 3.68. The van der Waals surface area contributed by atoms with Gasteiger partial charge in [0, 0.05) is 6.04 Å². The second-order valence-electron chi connectivity index (χ2n) is 3.68. The van der Waals surface area contributed by atoms with E-state index in [0.717, 1.165) is 11.3 Å². The van der Waals surface area contributed by atoms with Gasteiger partial charge in [0.15, 0.2) is 0 Å². The summed E-state index contributed by atoms with van der Waals surface area (Å²) in [5.74, 6) is 0.680. The summed E-state index contributed by atoms with van der Waals surface area (Å²) < 4.78 is 5.02. The van der Waals surface area contributed by atoms with Gasteiger partial charge >= 0.3 is 0 Å². The average Bonchev–Trinajstić information content (AvgIpc) is 2.29. The fourth-order valence-electron chi connectivity index (χ4n) is 1.30. The molecule has 4 nitrogen and oxygen atoms in total. The largest absolute Gasteiger partial charge is 0.497 e. The normalized spacial score (nSPS) is 11.9. The molecule has 2 N–H and O–H groups in total. The minimum atomic E-state index is -0.203. The van der Waals surface area contributed by atoms with Crippen LogP contribution in [-0.2, 0) is 11.2 Å². The fraction of sp³-hybridized carbons (Fsp3) is 0.417.